The van der Waals surface area contributed by atoms with Crippen molar-refractivity contribution in [1.82, 2.24) is 5.32 Å². The molecule has 0 spiro atoms. The van der Waals surface area contributed by atoms with E-state index in [1.165, 1.54) is 7.05 Å². The van der Waals surface area contributed by atoms with Gasteiger partial charge in [0.2, 0.25) is 0 Å². The summed E-state index contributed by atoms with van der Waals surface area (Å²) in [7, 11) is 1.47. The lowest BCUT2D eigenvalue weighted by atomic mass is 10.9. The predicted molar refractivity (Wildman–Crippen MR) is 19.3 cm³/mol. The summed E-state index contributed by atoms with van der Waals surface area (Å²) in [5.41, 5.74) is 0. The topological polar surface area (TPSA) is 12.0 Å². The van der Waals surface area contributed by atoms with Gasteiger partial charge in [0, 0.05) is 7.05 Å². The summed E-state index contributed by atoms with van der Waals surface area (Å²) in [5.74, 6) is -0.495. The molecule has 0 aromatic rings. The standard InChI is InChI=1S/C3H6FN/c1-3(4)5-2/h5H,1H2,2H3. The molecule has 0 amide bonds. The van der Waals surface area contributed by atoms with Crippen molar-refractivity contribution in [3.63, 3.8) is 0 Å². The number of hydrogen-bond donors (Lipinski definition) is 1. The first-order chi connectivity index (χ1) is 2.27. The first kappa shape index (κ1) is 4.47. The lowest BCUT2D eigenvalue weighted by Crippen LogP contribution is -1.96. The molecule has 0 aromatic carbocycles. The van der Waals surface area contributed by atoms with Gasteiger partial charge in [0.15, 0.2) is 5.95 Å². The monoisotopic (exact) mass is 75.0 g/mol. The van der Waals surface area contributed by atoms with Gasteiger partial charge < -0.3 is 5.32 Å². The second-order valence-corrected chi connectivity index (χ2v) is 0.655. The molecule has 0 fully saturated rings. The fraction of sp³-hybridized carbons (Fsp3) is 0.333. The van der Waals surface area contributed by atoms with Gasteiger partial charge in [0.05, 0.1) is 0 Å². The Labute approximate surface area is 30.5 Å². The molecule has 0 aromatic heterocycles. The SMILES string of the molecule is C=C(F)NC. The summed E-state index contributed by atoms with van der Waals surface area (Å²) >= 11 is 0. The Kier molecular flexibility index (Phi) is 1.57. The Bertz CT molecular complexity index is 42.2. The highest BCUT2D eigenvalue weighted by Crippen LogP contribution is 1.74. The molecule has 2 heteroatoms. The van der Waals surface area contributed by atoms with Gasteiger partial charge in [-0.1, -0.05) is 0 Å². The van der Waals surface area contributed by atoms with E-state index in [1.54, 1.807) is 0 Å². The number of nitrogens with one attached hydrogen (secondary N) is 1. The van der Waals surface area contributed by atoms with E-state index >= 15 is 0 Å². The fourth-order valence-corrected chi connectivity index (χ4v) is 0. The maximum absolute atomic E-state index is 11.1. The van der Waals surface area contributed by atoms with Gasteiger partial charge in [-0.2, -0.15) is 4.39 Å². The highest BCUT2D eigenvalue weighted by molar-refractivity contribution is 4.71. The van der Waals surface area contributed by atoms with Crippen molar-refractivity contribution in [2.24, 2.45) is 0 Å². The third kappa shape index (κ3) is 3.47. The molecule has 0 radical (unpaired) electrons. The Morgan fingerprint density at radius 1 is 2.00 bits per heavy atom. The third-order valence-electron chi connectivity index (χ3n) is 0.271. The predicted octanol–water partition coefficient (Wildman–Crippen LogP) is 0.646. The quantitative estimate of drug-likeness (QED) is 0.451. The molecule has 0 bridgehead atoms. The zero-order chi connectivity index (χ0) is 4.28. The molecular weight excluding hydrogens is 69.0 g/mol. The van der Waals surface area contributed by atoms with Crippen LogP contribution in [0.1, 0.15) is 0 Å². The summed E-state index contributed by atoms with van der Waals surface area (Å²) in [5, 5.41) is 2.17. The molecule has 0 saturated carbocycles. The van der Waals surface area contributed by atoms with Crippen molar-refractivity contribution in [2.75, 3.05) is 7.05 Å². The molecule has 0 unspecified atom stereocenters. The first-order valence-electron chi connectivity index (χ1n) is 1.29. The maximum Gasteiger partial charge on any atom is 0.179 e. The highest BCUT2D eigenvalue weighted by atomic mass is 19.1. The van der Waals surface area contributed by atoms with Crippen LogP contribution < -0.4 is 5.32 Å². The van der Waals surface area contributed by atoms with Gasteiger partial charge >= 0.3 is 0 Å². The van der Waals surface area contributed by atoms with Crippen LogP contribution in [0, 0.1) is 0 Å². The lowest BCUT2D eigenvalue weighted by Gasteiger charge is -1.82. The van der Waals surface area contributed by atoms with Gasteiger partial charge in [-0.05, 0) is 6.58 Å². The van der Waals surface area contributed by atoms with E-state index < -0.39 is 5.95 Å². The van der Waals surface area contributed by atoms with Crippen LogP contribution in [0.5, 0.6) is 0 Å². The summed E-state index contributed by atoms with van der Waals surface area (Å²) in [6.45, 7) is 2.90. The van der Waals surface area contributed by atoms with Crippen LogP contribution in [0.4, 0.5) is 4.39 Å². The van der Waals surface area contributed by atoms with E-state index in [1.807, 2.05) is 0 Å². The van der Waals surface area contributed by atoms with Crippen molar-refractivity contribution in [3.05, 3.63) is 12.5 Å². The maximum atomic E-state index is 11.1. The van der Waals surface area contributed by atoms with Crippen LogP contribution in [0.3, 0.4) is 0 Å². The van der Waals surface area contributed by atoms with Crippen LogP contribution in [-0.2, 0) is 0 Å². The van der Waals surface area contributed by atoms with Crippen LogP contribution in [0.15, 0.2) is 12.5 Å². The largest absolute Gasteiger partial charge is 0.366 e. The minimum absolute atomic E-state index is 0.495. The third-order valence-corrected chi connectivity index (χ3v) is 0.271. The molecule has 30 valence electrons. The van der Waals surface area contributed by atoms with E-state index in [0.29, 0.717) is 0 Å². The van der Waals surface area contributed by atoms with Crippen LogP contribution >= 0.6 is 0 Å². The summed E-state index contributed by atoms with van der Waals surface area (Å²) in [6.07, 6.45) is 0. The second kappa shape index (κ2) is 1.76. The van der Waals surface area contributed by atoms with Crippen LogP contribution in [0.25, 0.3) is 0 Å². The van der Waals surface area contributed by atoms with Gasteiger partial charge in [-0.3, -0.25) is 0 Å². The van der Waals surface area contributed by atoms with Gasteiger partial charge in [-0.25, -0.2) is 0 Å². The molecule has 1 nitrogen and oxygen atoms in total. The number of hydrogen-bond acceptors (Lipinski definition) is 1. The van der Waals surface area contributed by atoms with E-state index in [0.717, 1.165) is 0 Å². The second-order valence-electron chi connectivity index (χ2n) is 0.655. The van der Waals surface area contributed by atoms with E-state index in [2.05, 4.69) is 11.9 Å². The summed E-state index contributed by atoms with van der Waals surface area (Å²) in [6, 6.07) is 0. The summed E-state index contributed by atoms with van der Waals surface area (Å²) in [4.78, 5) is 0. The van der Waals surface area contributed by atoms with Crippen LogP contribution in [-0.4, -0.2) is 7.05 Å². The Morgan fingerprint density at radius 2 is 2.20 bits per heavy atom. The average molecular weight is 75.1 g/mol. The zero-order valence-electron chi connectivity index (χ0n) is 3.09. The lowest BCUT2D eigenvalue weighted by molar-refractivity contribution is 0.578. The Morgan fingerprint density at radius 3 is 2.20 bits per heavy atom. The molecular formula is C3H6FN. The molecule has 0 heterocycles. The number of rotatable bonds is 1. The van der Waals surface area contributed by atoms with Crippen molar-refractivity contribution >= 4 is 0 Å². The van der Waals surface area contributed by atoms with E-state index in [9.17, 15) is 4.39 Å². The van der Waals surface area contributed by atoms with Crippen molar-refractivity contribution in [2.45, 2.75) is 0 Å². The normalized spacial score (nSPS) is 6.80. The Hall–Kier alpha value is -0.530. The average Bonchev–Trinajstić information content (AvgIpc) is 1.38. The zero-order valence-corrected chi connectivity index (χ0v) is 3.09. The van der Waals surface area contributed by atoms with Gasteiger partial charge in [-0.15, -0.1) is 0 Å². The molecule has 5 heavy (non-hydrogen) atoms. The molecule has 0 rings (SSSR count). The molecule has 0 atom stereocenters. The first-order valence-corrected chi connectivity index (χ1v) is 1.29. The molecule has 0 aliphatic rings. The summed E-state index contributed by atoms with van der Waals surface area (Å²) < 4.78 is 11.1. The molecule has 0 saturated heterocycles. The van der Waals surface area contributed by atoms with Crippen molar-refractivity contribution < 1.29 is 4.39 Å². The molecule has 1 N–H and O–H groups in total. The highest BCUT2D eigenvalue weighted by Gasteiger charge is 1.69. The van der Waals surface area contributed by atoms with Crippen molar-refractivity contribution in [1.29, 1.82) is 0 Å². The van der Waals surface area contributed by atoms with Crippen LogP contribution in [0.2, 0.25) is 0 Å². The van der Waals surface area contributed by atoms with Crippen molar-refractivity contribution in [3.8, 4) is 0 Å². The minimum atomic E-state index is -0.495. The van der Waals surface area contributed by atoms with E-state index in [-0.39, 0.29) is 0 Å². The smallest absolute Gasteiger partial charge is 0.179 e. The van der Waals surface area contributed by atoms with Gasteiger partial charge in [0.25, 0.3) is 0 Å². The Balaban J connectivity index is 2.85. The number of halogens is 1. The van der Waals surface area contributed by atoms with Gasteiger partial charge in [0.1, 0.15) is 0 Å². The fourth-order valence-electron chi connectivity index (χ4n) is 0. The molecule has 0 aliphatic heterocycles. The van der Waals surface area contributed by atoms with E-state index in [4.69, 9.17) is 0 Å². The minimum Gasteiger partial charge on any atom is -0.366 e. The molecule has 0 aliphatic carbocycles.